The molecule has 0 radical (unpaired) electrons. The van der Waals surface area contributed by atoms with Crippen LogP contribution in [0.3, 0.4) is 0 Å². The Morgan fingerprint density at radius 2 is 1.50 bits per heavy atom. The normalized spacial score (nSPS) is 18.1. The van der Waals surface area contributed by atoms with Crippen LogP contribution < -0.4 is 0 Å². The highest BCUT2D eigenvalue weighted by molar-refractivity contribution is 6.48. The number of rotatable bonds is 10. The lowest BCUT2D eigenvalue weighted by molar-refractivity contribution is -0.0481. The minimum Gasteiger partial charge on any atom is -0.384 e. The van der Waals surface area contributed by atoms with Crippen LogP contribution in [0.4, 0.5) is 0 Å². The molecule has 1 fully saturated rings. The van der Waals surface area contributed by atoms with Crippen LogP contribution in [0.25, 0.3) is 0 Å². The molecule has 0 spiro atoms. The lowest BCUT2D eigenvalue weighted by Gasteiger charge is -2.43. The Hall–Kier alpha value is 0.500. The monoisotopic (exact) mass is 352 g/mol. The zero-order valence-corrected chi connectivity index (χ0v) is 16.3. The minimum atomic E-state index is -0.643. The van der Waals surface area contributed by atoms with Crippen molar-refractivity contribution in [3.05, 3.63) is 0 Å². The van der Waals surface area contributed by atoms with Crippen LogP contribution in [0.1, 0.15) is 65.2 Å². The quantitative estimate of drug-likeness (QED) is 0.459. The van der Waals surface area contributed by atoms with Gasteiger partial charge in [0, 0.05) is 19.6 Å². The lowest BCUT2D eigenvalue weighted by atomic mass is 9.67. The SMILES string of the molecule is COCC(CCC(Cl)(Cl)CC(C)C)(COC)C1CCCCC1. The molecule has 0 aliphatic heterocycles. The average molecular weight is 353 g/mol. The van der Waals surface area contributed by atoms with Crippen molar-refractivity contribution in [2.75, 3.05) is 27.4 Å². The van der Waals surface area contributed by atoms with E-state index in [2.05, 4.69) is 13.8 Å². The predicted octanol–water partition coefficient (Wildman–Crippen LogP) is 5.85. The van der Waals surface area contributed by atoms with Gasteiger partial charge in [-0.2, -0.15) is 0 Å². The maximum Gasteiger partial charge on any atom is 0.118 e. The average Bonchev–Trinajstić information content (AvgIpc) is 2.45. The maximum absolute atomic E-state index is 6.56. The number of hydrogen-bond donors (Lipinski definition) is 0. The molecule has 1 rings (SSSR count). The molecule has 1 saturated carbocycles. The van der Waals surface area contributed by atoms with Crippen molar-refractivity contribution in [1.29, 1.82) is 0 Å². The molecule has 4 heteroatoms. The first-order chi connectivity index (χ1) is 10.4. The van der Waals surface area contributed by atoms with Gasteiger partial charge < -0.3 is 9.47 Å². The molecule has 22 heavy (non-hydrogen) atoms. The molecule has 0 bridgehead atoms. The van der Waals surface area contributed by atoms with Crippen LogP contribution >= 0.6 is 23.2 Å². The van der Waals surface area contributed by atoms with Gasteiger partial charge in [-0.05, 0) is 43.9 Å². The Morgan fingerprint density at radius 3 is 1.95 bits per heavy atom. The zero-order chi connectivity index (χ0) is 16.6. The van der Waals surface area contributed by atoms with Crippen molar-refractivity contribution < 1.29 is 9.47 Å². The van der Waals surface area contributed by atoms with Crippen molar-refractivity contribution in [2.24, 2.45) is 17.3 Å². The summed E-state index contributed by atoms with van der Waals surface area (Å²) in [7, 11) is 3.58. The van der Waals surface area contributed by atoms with E-state index in [0.717, 1.165) is 32.5 Å². The molecular weight excluding hydrogens is 319 g/mol. The summed E-state index contributed by atoms with van der Waals surface area (Å²) >= 11 is 13.1. The molecule has 0 atom stereocenters. The second kappa shape index (κ2) is 9.71. The molecule has 0 saturated heterocycles. The Balaban J connectivity index is 2.79. The van der Waals surface area contributed by atoms with Crippen molar-refractivity contribution in [3.8, 4) is 0 Å². The number of halogens is 2. The summed E-state index contributed by atoms with van der Waals surface area (Å²) in [5.74, 6) is 1.16. The molecule has 0 N–H and O–H groups in total. The second-order valence-electron chi connectivity index (χ2n) is 7.52. The van der Waals surface area contributed by atoms with E-state index in [9.17, 15) is 0 Å². The molecule has 0 aromatic heterocycles. The van der Waals surface area contributed by atoms with Gasteiger partial charge in [-0.3, -0.25) is 0 Å². The predicted molar refractivity (Wildman–Crippen MR) is 95.9 cm³/mol. The highest BCUT2D eigenvalue weighted by Gasteiger charge is 2.41. The van der Waals surface area contributed by atoms with E-state index in [4.69, 9.17) is 32.7 Å². The number of ether oxygens (including phenoxy) is 2. The second-order valence-corrected chi connectivity index (χ2v) is 9.16. The summed E-state index contributed by atoms with van der Waals surface area (Å²) in [5, 5.41) is 0. The van der Waals surface area contributed by atoms with E-state index in [-0.39, 0.29) is 5.41 Å². The third kappa shape index (κ3) is 6.55. The topological polar surface area (TPSA) is 18.5 Å². The maximum atomic E-state index is 6.56. The van der Waals surface area contributed by atoms with Gasteiger partial charge in [0.25, 0.3) is 0 Å². The smallest absolute Gasteiger partial charge is 0.118 e. The fourth-order valence-electron chi connectivity index (χ4n) is 4.05. The zero-order valence-electron chi connectivity index (χ0n) is 14.8. The molecule has 1 aliphatic rings. The van der Waals surface area contributed by atoms with Crippen LogP contribution in [0.5, 0.6) is 0 Å². The van der Waals surface area contributed by atoms with E-state index in [1.165, 1.54) is 32.1 Å². The number of alkyl halides is 2. The summed E-state index contributed by atoms with van der Waals surface area (Å²) in [4.78, 5) is 0. The van der Waals surface area contributed by atoms with E-state index < -0.39 is 4.33 Å². The van der Waals surface area contributed by atoms with Gasteiger partial charge in [0.2, 0.25) is 0 Å². The third-order valence-electron chi connectivity index (χ3n) is 5.03. The summed E-state index contributed by atoms with van der Waals surface area (Å²) in [6.07, 6.45) is 9.14. The summed E-state index contributed by atoms with van der Waals surface area (Å²) < 4.78 is 10.5. The van der Waals surface area contributed by atoms with Crippen LogP contribution in [0.2, 0.25) is 0 Å². The minimum absolute atomic E-state index is 0.0515. The fourth-order valence-corrected chi connectivity index (χ4v) is 4.85. The van der Waals surface area contributed by atoms with Crippen LogP contribution in [0, 0.1) is 17.3 Å². The molecule has 0 heterocycles. The largest absolute Gasteiger partial charge is 0.384 e. The van der Waals surface area contributed by atoms with E-state index in [1.54, 1.807) is 14.2 Å². The molecule has 0 aromatic rings. The summed E-state index contributed by atoms with van der Waals surface area (Å²) in [5.41, 5.74) is 0.0515. The first-order valence-electron chi connectivity index (χ1n) is 8.71. The fraction of sp³-hybridized carbons (Fsp3) is 1.00. The molecule has 0 unspecified atom stereocenters. The standard InChI is InChI=1S/C18H34Cl2O2/c1-15(2)12-18(19,20)11-10-17(13-21-3,14-22-4)16-8-6-5-7-9-16/h15-16H,5-14H2,1-4H3. The van der Waals surface area contributed by atoms with Crippen LogP contribution in [-0.2, 0) is 9.47 Å². The lowest BCUT2D eigenvalue weighted by Crippen LogP contribution is -2.41. The molecule has 132 valence electrons. The Bertz CT molecular complexity index is 293. The first-order valence-corrected chi connectivity index (χ1v) is 9.46. The van der Waals surface area contributed by atoms with Crippen LogP contribution in [-0.4, -0.2) is 31.8 Å². The van der Waals surface area contributed by atoms with Gasteiger partial charge in [0.05, 0.1) is 13.2 Å². The third-order valence-corrected chi connectivity index (χ3v) is 5.72. The first kappa shape index (κ1) is 20.5. The van der Waals surface area contributed by atoms with Gasteiger partial charge in [0.1, 0.15) is 4.33 Å². The van der Waals surface area contributed by atoms with Gasteiger partial charge in [0.15, 0.2) is 0 Å². The molecule has 0 amide bonds. The number of methoxy groups -OCH3 is 2. The van der Waals surface area contributed by atoms with E-state index in [0.29, 0.717) is 11.8 Å². The Kier molecular flexibility index (Phi) is 9.07. The van der Waals surface area contributed by atoms with Gasteiger partial charge in [-0.1, -0.05) is 33.1 Å². The Labute approximate surface area is 147 Å². The molecular formula is C18H34Cl2O2. The van der Waals surface area contributed by atoms with Crippen LogP contribution in [0.15, 0.2) is 0 Å². The van der Waals surface area contributed by atoms with Crippen molar-refractivity contribution in [1.82, 2.24) is 0 Å². The van der Waals surface area contributed by atoms with E-state index >= 15 is 0 Å². The molecule has 1 aliphatic carbocycles. The van der Waals surface area contributed by atoms with Gasteiger partial charge in [-0.15, -0.1) is 23.2 Å². The van der Waals surface area contributed by atoms with Crippen molar-refractivity contribution in [3.63, 3.8) is 0 Å². The molecule has 2 nitrogen and oxygen atoms in total. The Morgan fingerprint density at radius 1 is 0.955 bits per heavy atom. The molecule has 0 aromatic carbocycles. The van der Waals surface area contributed by atoms with E-state index in [1.807, 2.05) is 0 Å². The van der Waals surface area contributed by atoms with Gasteiger partial charge in [-0.25, -0.2) is 0 Å². The number of hydrogen-bond acceptors (Lipinski definition) is 2. The highest BCUT2D eigenvalue weighted by atomic mass is 35.5. The summed E-state index contributed by atoms with van der Waals surface area (Å²) in [6, 6.07) is 0. The highest BCUT2D eigenvalue weighted by Crippen LogP contribution is 2.46. The van der Waals surface area contributed by atoms with Gasteiger partial charge >= 0.3 is 0 Å². The van der Waals surface area contributed by atoms with Crippen molar-refractivity contribution in [2.45, 2.75) is 69.5 Å². The summed E-state index contributed by atoms with van der Waals surface area (Å²) in [6.45, 7) is 5.80. The van der Waals surface area contributed by atoms with Crippen molar-refractivity contribution >= 4 is 23.2 Å².